The third-order valence-electron chi connectivity index (χ3n) is 10.4. The summed E-state index contributed by atoms with van der Waals surface area (Å²) in [4.78, 5) is 0. The molecule has 10 aromatic rings. The smallest absolute Gasteiger partial charge is 0.179 e. The fourth-order valence-electron chi connectivity index (χ4n) is 8.24. The van der Waals surface area contributed by atoms with E-state index in [1.807, 2.05) is 16.7 Å². The first-order valence-electron chi connectivity index (χ1n) is 19.3. The molecule has 0 unspecified atom stereocenters. The van der Waals surface area contributed by atoms with E-state index in [-0.39, 0.29) is 24.2 Å². The number of nitrogens with zero attached hydrogens (tertiary/aromatic N) is 2. The van der Waals surface area contributed by atoms with Gasteiger partial charge in [0.25, 0.3) is 0 Å². The number of benzene rings is 8. The van der Waals surface area contributed by atoms with E-state index in [1.54, 1.807) is 0 Å². The van der Waals surface area contributed by atoms with Crippen molar-refractivity contribution in [2.24, 2.45) is 0 Å². The highest BCUT2D eigenvalue weighted by Gasteiger charge is 2.41. The van der Waals surface area contributed by atoms with Gasteiger partial charge in [-0.05, 0) is 69.3 Å². The summed E-state index contributed by atoms with van der Waals surface area (Å²) in [6.45, 7) is 0. The molecule has 0 amide bonds. The molecule has 2 heterocycles. The van der Waals surface area contributed by atoms with Crippen LogP contribution in [0.15, 0.2) is 206 Å². The number of hydrogen-bond acceptors (Lipinski definition) is 0. The molecule has 51 heavy (non-hydrogen) atoms. The summed E-state index contributed by atoms with van der Waals surface area (Å²) in [6.07, 6.45) is 0. The first kappa shape index (κ1) is 25.5. The minimum absolute atomic E-state index is 0.0422. The van der Waals surface area contributed by atoms with Gasteiger partial charge < -0.3 is 9.13 Å². The van der Waals surface area contributed by atoms with Crippen LogP contribution in [0, 0.1) is 0 Å². The molecule has 10 rings (SSSR count). The van der Waals surface area contributed by atoms with E-state index in [0.29, 0.717) is 10.9 Å². The van der Waals surface area contributed by atoms with E-state index in [0.717, 1.165) is 44.1 Å². The van der Waals surface area contributed by atoms with Crippen molar-refractivity contribution in [3.63, 3.8) is 0 Å². The van der Waals surface area contributed by atoms with Crippen LogP contribution in [0.2, 0.25) is 0 Å². The minimum Gasteiger partial charge on any atom is -0.309 e. The van der Waals surface area contributed by atoms with Crippen LogP contribution in [-0.2, 0) is 0 Å². The van der Waals surface area contributed by atoms with Crippen molar-refractivity contribution in [3.05, 3.63) is 206 Å². The van der Waals surface area contributed by atoms with Gasteiger partial charge in [-0.2, -0.15) is 0 Å². The molecule has 0 radical (unpaired) electrons. The Morgan fingerprint density at radius 1 is 0.333 bits per heavy atom. The summed E-state index contributed by atoms with van der Waals surface area (Å²) in [5, 5.41) is 8.65. The van der Waals surface area contributed by atoms with Crippen molar-refractivity contribution in [2.75, 3.05) is 0 Å². The van der Waals surface area contributed by atoms with Gasteiger partial charge in [-0.15, -0.1) is 0 Å². The summed E-state index contributed by atoms with van der Waals surface area (Å²) in [5.74, 6) is 0. The fourth-order valence-corrected chi connectivity index (χ4v) is 13.0. The normalized spacial score (nSPS) is 13.0. The van der Waals surface area contributed by atoms with E-state index in [9.17, 15) is 2.74 Å². The van der Waals surface area contributed by atoms with Gasteiger partial charge in [-0.25, -0.2) is 0 Å². The van der Waals surface area contributed by atoms with Gasteiger partial charge in [-0.3, -0.25) is 0 Å². The summed E-state index contributed by atoms with van der Waals surface area (Å²) < 4.78 is 40.1. The SMILES string of the molecule is [2H]c1c([2H])c([2H])c2c(c1[2H])c1cc(-n3c4ccccc4c4ccccc43)ccc1n2-c1ccc([Si](c2ccccc2)(c2ccccc2)c2ccccc2)cc1. The van der Waals surface area contributed by atoms with Gasteiger partial charge in [0, 0.05) is 32.9 Å². The molecule has 0 spiro atoms. The van der Waals surface area contributed by atoms with Crippen molar-refractivity contribution >= 4 is 72.4 Å². The molecule has 240 valence electrons. The van der Waals surface area contributed by atoms with Crippen LogP contribution >= 0.6 is 0 Å². The molecule has 0 aliphatic rings. The first-order valence-corrected chi connectivity index (χ1v) is 19.3. The lowest BCUT2D eigenvalue weighted by Crippen LogP contribution is -2.74. The summed E-state index contributed by atoms with van der Waals surface area (Å²) in [6, 6.07) is 63.5. The van der Waals surface area contributed by atoms with Crippen LogP contribution in [0.25, 0.3) is 55.0 Å². The van der Waals surface area contributed by atoms with Gasteiger partial charge in [0.2, 0.25) is 0 Å². The Morgan fingerprint density at radius 3 is 1.33 bits per heavy atom. The van der Waals surface area contributed by atoms with Gasteiger partial charge in [0.05, 0.1) is 27.5 Å². The van der Waals surface area contributed by atoms with E-state index in [2.05, 4.69) is 174 Å². The molecule has 0 aliphatic heterocycles. The molecule has 0 fully saturated rings. The molecule has 0 saturated carbocycles. The number of hydrogen-bond donors (Lipinski definition) is 0. The second-order valence-corrected chi connectivity index (χ2v) is 16.8. The summed E-state index contributed by atoms with van der Waals surface area (Å²) in [5.41, 5.74) is 5.19. The summed E-state index contributed by atoms with van der Waals surface area (Å²) >= 11 is 0. The average Bonchev–Trinajstić information content (AvgIpc) is 3.77. The predicted octanol–water partition coefficient (Wildman–Crippen LogP) is 9.26. The molecule has 2 nitrogen and oxygen atoms in total. The molecule has 0 atom stereocenters. The zero-order valence-corrected chi connectivity index (χ0v) is 28.7. The molecular weight excluding hydrogens is 633 g/mol. The Balaban J connectivity index is 1.23. The molecular formula is C48H34N2Si. The van der Waals surface area contributed by atoms with Gasteiger partial charge >= 0.3 is 0 Å². The molecule has 0 bridgehead atoms. The Bertz CT molecular complexity index is 2920. The van der Waals surface area contributed by atoms with Crippen LogP contribution in [0.3, 0.4) is 0 Å². The predicted molar refractivity (Wildman–Crippen MR) is 219 cm³/mol. The Labute approximate surface area is 303 Å². The lowest BCUT2D eigenvalue weighted by Gasteiger charge is -2.34. The number of para-hydroxylation sites is 3. The van der Waals surface area contributed by atoms with Crippen LogP contribution in [-0.4, -0.2) is 17.2 Å². The number of rotatable bonds is 6. The monoisotopic (exact) mass is 670 g/mol. The fraction of sp³-hybridized carbons (Fsp3) is 0. The van der Waals surface area contributed by atoms with E-state index in [4.69, 9.17) is 2.74 Å². The van der Waals surface area contributed by atoms with Crippen molar-refractivity contribution in [3.8, 4) is 11.4 Å². The molecule has 8 aromatic carbocycles. The third-order valence-corrected chi connectivity index (χ3v) is 15.2. The zero-order valence-electron chi connectivity index (χ0n) is 31.7. The van der Waals surface area contributed by atoms with Crippen molar-refractivity contribution in [1.82, 2.24) is 9.13 Å². The Morgan fingerprint density at radius 2 is 0.765 bits per heavy atom. The van der Waals surface area contributed by atoms with E-state index in [1.165, 1.54) is 20.7 Å². The van der Waals surface area contributed by atoms with E-state index < -0.39 is 8.07 Å². The van der Waals surface area contributed by atoms with Gasteiger partial charge in [0.15, 0.2) is 8.07 Å². The minimum atomic E-state index is -2.77. The third kappa shape index (κ3) is 4.49. The Kier molecular flexibility index (Phi) is 5.94. The number of aromatic nitrogens is 2. The lowest BCUT2D eigenvalue weighted by molar-refractivity contribution is 1.17. The lowest BCUT2D eigenvalue weighted by atomic mass is 10.1. The molecule has 2 aromatic heterocycles. The van der Waals surface area contributed by atoms with Crippen LogP contribution < -0.4 is 20.7 Å². The first-order chi connectivity index (χ1) is 27.0. The Hall–Kier alpha value is -6.42. The van der Waals surface area contributed by atoms with Crippen molar-refractivity contribution in [2.45, 2.75) is 0 Å². The molecule has 0 saturated heterocycles. The highest BCUT2D eigenvalue weighted by atomic mass is 28.3. The quantitative estimate of drug-likeness (QED) is 0.123. The van der Waals surface area contributed by atoms with Crippen LogP contribution in [0.4, 0.5) is 0 Å². The maximum absolute atomic E-state index is 9.23. The molecule has 0 aliphatic carbocycles. The largest absolute Gasteiger partial charge is 0.309 e. The second kappa shape index (κ2) is 11.9. The van der Waals surface area contributed by atoms with Gasteiger partial charge in [0.1, 0.15) is 0 Å². The van der Waals surface area contributed by atoms with Crippen LogP contribution in [0.1, 0.15) is 5.48 Å². The molecule has 3 heteroatoms. The summed E-state index contributed by atoms with van der Waals surface area (Å²) in [7, 11) is -2.77. The zero-order chi connectivity index (χ0) is 37.3. The standard InChI is InChI=1S/C48H34N2Si/c1-4-16-37(17-5-1)51(38-18-6-2-7-19-38,39-20-8-3-9-21-39)40-31-28-35(29-32-40)49-47-27-15-12-24-43(47)44-34-36(30-33-48(44)49)50-45-25-13-10-22-41(45)42-23-11-14-26-46(42)50/h1-34H/i12D,15D,24D,27D. The van der Waals surface area contributed by atoms with Crippen molar-refractivity contribution < 1.29 is 5.48 Å². The topological polar surface area (TPSA) is 9.86 Å². The highest BCUT2D eigenvalue weighted by Crippen LogP contribution is 2.36. The maximum atomic E-state index is 9.23. The maximum Gasteiger partial charge on any atom is 0.179 e. The van der Waals surface area contributed by atoms with Crippen LogP contribution in [0.5, 0.6) is 0 Å². The number of fused-ring (bicyclic) bond motifs is 6. The molecule has 0 N–H and O–H groups in total. The average molecular weight is 671 g/mol. The second-order valence-electron chi connectivity index (χ2n) is 13.0. The highest BCUT2D eigenvalue weighted by molar-refractivity contribution is 7.19. The van der Waals surface area contributed by atoms with E-state index >= 15 is 0 Å². The van der Waals surface area contributed by atoms with Gasteiger partial charge in [-0.1, -0.05) is 158 Å². The van der Waals surface area contributed by atoms with Crippen molar-refractivity contribution in [1.29, 1.82) is 0 Å².